The van der Waals surface area contributed by atoms with Gasteiger partial charge >= 0.3 is 17.9 Å². The van der Waals surface area contributed by atoms with Gasteiger partial charge in [-0.2, -0.15) is 0 Å². The van der Waals surface area contributed by atoms with Crippen molar-refractivity contribution in [2.45, 2.75) is 297 Å². The van der Waals surface area contributed by atoms with Gasteiger partial charge in [-0.05, 0) is 89.9 Å². The Hall–Kier alpha value is -3.93. The molecule has 75 heavy (non-hydrogen) atoms. The predicted molar refractivity (Wildman–Crippen MR) is 325 cm³/mol. The summed E-state index contributed by atoms with van der Waals surface area (Å²) < 4.78 is 16.8. The highest BCUT2D eigenvalue weighted by atomic mass is 16.6. The Kier molecular flexibility index (Phi) is 59.3. The van der Waals surface area contributed by atoms with Crippen LogP contribution in [-0.2, 0) is 28.6 Å². The molecule has 0 heterocycles. The molecule has 0 rings (SSSR count). The zero-order valence-electron chi connectivity index (χ0n) is 49.0. The quantitative estimate of drug-likeness (QED) is 0.0261. The van der Waals surface area contributed by atoms with Crippen molar-refractivity contribution in [2.75, 3.05) is 13.2 Å². The van der Waals surface area contributed by atoms with Crippen LogP contribution in [0.1, 0.15) is 290 Å². The Morgan fingerprint density at radius 3 is 0.867 bits per heavy atom. The Balaban J connectivity index is 4.44. The van der Waals surface area contributed by atoms with Gasteiger partial charge in [0.1, 0.15) is 13.2 Å². The standard InChI is InChI=1S/C69H116O6/c1-4-7-10-13-16-19-22-25-28-30-32-33-34-35-37-38-41-44-47-50-53-56-59-62-68(71)74-65-66(64-73-67(70)61-58-55-52-49-46-43-40-27-24-21-18-15-12-9-6-3)75-69(72)63-60-57-54-51-48-45-42-39-36-31-29-26-23-20-17-14-11-8-5-2/h8-9,11-12,17-18,20-21,26-27,29,36,39-40,45,48,54,57,66H,4-7,10,13-16,19,22-25,28,30-35,37-38,41-44,46-47,49-53,55-56,58-65H2,1-3H3/b11-8-,12-9-,20-17-,21-18-,29-26-,39-36-,40-27-,48-45-,57-54-. The summed E-state index contributed by atoms with van der Waals surface area (Å²) in [5, 5.41) is 0. The van der Waals surface area contributed by atoms with Gasteiger partial charge in [0.2, 0.25) is 0 Å². The van der Waals surface area contributed by atoms with Gasteiger partial charge in [-0.15, -0.1) is 0 Å². The van der Waals surface area contributed by atoms with Gasteiger partial charge in [-0.3, -0.25) is 14.4 Å². The van der Waals surface area contributed by atoms with Crippen LogP contribution in [-0.4, -0.2) is 37.2 Å². The van der Waals surface area contributed by atoms with Crippen LogP contribution in [0.3, 0.4) is 0 Å². The van der Waals surface area contributed by atoms with Gasteiger partial charge in [0.25, 0.3) is 0 Å². The Labute approximate surface area is 463 Å². The van der Waals surface area contributed by atoms with Crippen molar-refractivity contribution in [1.82, 2.24) is 0 Å². The maximum atomic E-state index is 12.9. The van der Waals surface area contributed by atoms with E-state index in [1.165, 1.54) is 128 Å². The molecule has 0 N–H and O–H groups in total. The summed E-state index contributed by atoms with van der Waals surface area (Å²) in [5.74, 6) is -1.01. The fourth-order valence-electron chi connectivity index (χ4n) is 8.66. The molecule has 6 heteroatoms. The van der Waals surface area contributed by atoms with Crippen LogP contribution in [0.15, 0.2) is 109 Å². The summed E-state index contributed by atoms with van der Waals surface area (Å²) in [6.07, 6.45) is 85.4. The maximum absolute atomic E-state index is 12.9. The SMILES string of the molecule is CC/C=C\C/C=C\C/C=C\C/C=C\C/C=C\C/C=C\CCC(=O)OC(COC(=O)CCCCCCC/C=C\C/C=C\C/C=C\CC)COC(=O)CCCCCCCCCCCCCCCCCCCCCCCCC. The van der Waals surface area contributed by atoms with Gasteiger partial charge in [0.05, 0.1) is 0 Å². The third-order valence-electron chi connectivity index (χ3n) is 13.3. The summed E-state index contributed by atoms with van der Waals surface area (Å²) >= 11 is 0. The molecule has 1 unspecified atom stereocenters. The molecule has 0 aromatic carbocycles. The Morgan fingerprint density at radius 2 is 0.547 bits per heavy atom. The summed E-state index contributed by atoms with van der Waals surface area (Å²) in [4.78, 5) is 38.2. The third-order valence-corrected chi connectivity index (χ3v) is 13.3. The Morgan fingerprint density at radius 1 is 0.280 bits per heavy atom. The fraction of sp³-hybridized carbons (Fsp3) is 0.696. The van der Waals surface area contributed by atoms with Crippen LogP contribution < -0.4 is 0 Å². The number of rotatable bonds is 56. The van der Waals surface area contributed by atoms with Crippen molar-refractivity contribution in [2.24, 2.45) is 0 Å². The molecular weight excluding hydrogens is 925 g/mol. The van der Waals surface area contributed by atoms with E-state index in [4.69, 9.17) is 14.2 Å². The molecule has 0 radical (unpaired) electrons. The molecule has 0 aliphatic rings. The van der Waals surface area contributed by atoms with Crippen LogP contribution in [0.25, 0.3) is 0 Å². The molecule has 1 atom stereocenters. The van der Waals surface area contributed by atoms with E-state index in [2.05, 4.69) is 124 Å². The van der Waals surface area contributed by atoms with E-state index < -0.39 is 12.1 Å². The van der Waals surface area contributed by atoms with E-state index >= 15 is 0 Å². The van der Waals surface area contributed by atoms with Crippen molar-refractivity contribution in [3.05, 3.63) is 109 Å². The van der Waals surface area contributed by atoms with Gasteiger partial charge < -0.3 is 14.2 Å². The highest BCUT2D eigenvalue weighted by Crippen LogP contribution is 2.17. The summed E-state index contributed by atoms with van der Waals surface area (Å²) in [7, 11) is 0. The molecule has 0 aromatic heterocycles. The van der Waals surface area contributed by atoms with Gasteiger partial charge in [-0.1, -0.05) is 291 Å². The molecule has 0 aliphatic heterocycles. The first-order valence-electron chi connectivity index (χ1n) is 31.4. The molecule has 0 bridgehead atoms. The van der Waals surface area contributed by atoms with E-state index in [0.29, 0.717) is 19.3 Å². The number of carbonyl (C=O) groups is 3. The highest BCUT2D eigenvalue weighted by molar-refractivity contribution is 5.71. The fourth-order valence-corrected chi connectivity index (χ4v) is 8.66. The largest absolute Gasteiger partial charge is 0.462 e. The number of allylic oxidation sites excluding steroid dienone is 18. The number of carbonyl (C=O) groups excluding carboxylic acids is 3. The van der Waals surface area contributed by atoms with Crippen LogP contribution in [0.4, 0.5) is 0 Å². The smallest absolute Gasteiger partial charge is 0.306 e. The third kappa shape index (κ3) is 60.8. The van der Waals surface area contributed by atoms with E-state index in [1.807, 2.05) is 6.08 Å². The van der Waals surface area contributed by atoms with Gasteiger partial charge in [-0.25, -0.2) is 0 Å². The number of hydrogen-bond acceptors (Lipinski definition) is 6. The van der Waals surface area contributed by atoms with Crippen molar-refractivity contribution in [3.63, 3.8) is 0 Å². The summed E-state index contributed by atoms with van der Waals surface area (Å²) in [6.45, 7) is 6.36. The minimum absolute atomic E-state index is 0.113. The number of esters is 3. The lowest BCUT2D eigenvalue weighted by atomic mass is 10.0. The van der Waals surface area contributed by atoms with Crippen molar-refractivity contribution in [1.29, 1.82) is 0 Å². The first-order chi connectivity index (χ1) is 37.0. The minimum atomic E-state index is -0.827. The summed E-state index contributed by atoms with van der Waals surface area (Å²) in [6, 6.07) is 0. The van der Waals surface area contributed by atoms with Crippen molar-refractivity contribution in [3.8, 4) is 0 Å². The van der Waals surface area contributed by atoms with Crippen LogP contribution in [0.5, 0.6) is 0 Å². The minimum Gasteiger partial charge on any atom is -0.462 e. The molecule has 0 amide bonds. The van der Waals surface area contributed by atoms with Crippen molar-refractivity contribution >= 4 is 17.9 Å². The van der Waals surface area contributed by atoms with E-state index in [1.54, 1.807) is 0 Å². The van der Waals surface area contributed by atoms with Crippen LogP contribution >= 0.6 is 0 Å². The van der Waals surface area contributed by atoms with E-state index in [-0.39, 0.29) is 31.6 Å². The van der Waals surface area contributed by atoms with Gasteiger partial charge in [0.15, 0.2) is 6.10 Å². The second kappa shape index (κ2) is 62.6. The molecule has 0 saturated carbocycles. The molecule has 0 saturated heterocycles. The lowest BCUT2D eigenvalue weighted by Gasteiger charge is -2.18. The van der Waals surface area contributed by atoms with E-state index in [0.717, 1.165) is 116 Å². The first-order valence-corrected chi connectivity index (χ1v) is 31.4. The van der Waals surface area contributed by atoms with Crippen LogP contribution in [0.2, 0.25) is 0 Å². The lowest BCUT2D eigenvalue weighted by Crippen LogP contribution is -2.30. The molecular formula is C69H116O6. The molecule has 0 aliphatic carbocycles. The number of ether oxygens (including phenoxy) is 3. The number of hydrogen-bond donors (Lipinski definition) is 0. The van der Waals surface area contributed by atoms with Crippen LogP contribution in [0, 0.1) is 0 Å². The lowest BCUT2D eigenvalue weighted by molar-refractivity contribution is -0.166. The second-order valence-corrected chi connectivity index (χ2v) is 20.6. The molecule has 428 valence electrons. The molecule has 0 fully saturated rings. The van der Waals surface area contributed by atoms with Gasteiger partial charge in [0, 0.05) is 19.3 Å². The number of unbranched alkanes of at least 4 members (excludes halogenated alkanes) is 27. The maximum Gasteiger partial charge on any atom is 0.306 e. The van der Waals surface area contributed by atoms with E-state index in [9.17, 15) is 14.4 Å². The summed E-state index contributed by atoms with van der Waals surface area (Å²) in [5.41, 5.74) is 0. The average Bonchev–Trinajstić information content (AvgIpc) is 3.41. The Bertz CT molecular complexity index is 1520. The van der Waals surface area contributed by atoms with Crippen molar-refractivity contribution < 1.29 is 28.6 Å². The molecule has 0 spiro atoms. The second-order valence-electron chi connectivity index (χ2n) is 20.6. The monoisotopic (exact) mass is 1040 g/mol. The zero-order chi connectivity index (χ0) is 54.3. The molecule has 0 aromatic rings. The molecule has 6 nitrogen and oxygen atoms in total. The highest BCUT2D eigenvalue weighted by Gasteiger charge is 2.19. The average molecular weight is 1040 g/mol. The first kappa shape index (κ1) is 71.1. The topological polar surface area (TPSA) is 78.9 Å². The predicted octanol–water partition coefficient (Wildman–Crippen LogP) is 21.4. The zero-order valence-corrected chi connectivity index (χ0v) is 49.0. The normalized spacial score (nSPS) is 12.8.